The minimum Gasteiger partial charge on any atom is -0.491 e. The first-order valence-electron chi connectivity index (χ1n) is 6.25. The van der Waals surface area contributed by atoms with Crippen molar-refractivity contribution in [3.05, 3.63) is 34.6 Å². The summed E-state index contributed by atoms with van der Waals surface area (Å²) in [4.78, 5) is 0. The van der Waals surface area contributed by atoms with Gasteiger partial charge >= 0.3 is 0 Å². The number of allylic oxidation sites excluding steroid dienone is 1. The largest absolute Gasteiger partial charge is 0.491 e. The maximum atomic E-state index is 14.0. The van der Waals surface area contributed by atoms with Crippen molar-refractivity contribution in [2.24, 2.45) is 0 Å². The van der Waals surface area contributed by atoms with Crippen LogP contribution in [0.3, 0.4) is 0 Å². The van der Waals surface area contributed by atoms with Crippen LogP contribution in [0, 0.1) is 17.1 Å². The molecule has 0 amide bonds. The molecule has 1 heterocycles. The summed E-state index contributed by atoms with van der Waals surface area (Å²) in [6, 6.07) is 3.32. The molecule has 1 aromatic rings. The normalized spacial score (nSPS) is 13.9. The summed E-state index contributed by atoms with van der Waals surface area (Å²) in [5.41, 5.74) is 2.80. The highest BCUT2D eigenvalue weighted by Gasteiger charge is 2.25. The Balaban J connectivity index is 2.51. The number of methoxy groups -OCH3 is 1. The Labute approximate surface area is 112 Å². The Hall–Kier alpha value is -1.86. The highest BCUT2D eigenvalue weighted by Crippen LogP contribution is 2.37. The van der Waals surface area contributed by atoms with Crippen LogP contribution in [0.2, 0.25) is 0 Å². The van der Waals surface area contributed by atoms with Gasteiger partial charge in [0, 0.05) is 19.1 Å². The van der Waals surface area contributed by atoms with Crippen molar-refractivity contribution < 1.29 is 13.9 Å². The van der Waals surface area contributed by atoms with Crippen molar-refractivity contribution in [2.45, 2.75) is 19.8 Å². The van der Waals surface area contributed by atoms with Crippen molar-refractivity contribution >= 4 is 5.57 Å². The van der Waals surface area contributed by atoms with E-state index in [-0.39, 0.29) is 5.56 Å². The van der Waals surface area contributed by atoms with Crippen LogP contribution in [0.25, 0.3) is 5.57 Å². The summed E-state index contributed by atoms with van der Waals surface area (Å²) in [5.74, 6) is -0.107. The Morgan fingerprint density at radius 1 is 1.63 bits per heavy atom. The lowest BCUT2D eigenvalue weighted by molar-refractivity contribution is 0.206. The van der Waals surface area contributed by atoms with Gasteiger partial charge in [0.15, 0.2) is 0 Å². The zero-order chi connectivity index (χ0) is 13.8. The van der Waals surface area contributed by atoms with Gasteiger partial charge in [0.1, 0.15) is 23.2 Å². The molecule has 1 aliphatic heterocycles. The van der Waals surface area contributed by atoms with Gasteiger partial charge in [-0.25, -0.2) is 4.39 Å². The first kappa shape index (κ1) is 13.6. The zero-order valence-electron chi connectivity index (χ0n) is 11.1. The van der Waals surface area contributed by atoms with Crippen LogP contribution >= 0.6 is 0 Å². The fourth-order valence-electron chi connectivity index (χ4n) is 2.37. The number of fused-ring (bicyclic) bond motifs is 1. The van der Waals surface area contributed by atoms with Crippen molar-refractivity contribution in [1.82, 2.24) is 0 Å². The number of nitrogens with zero attached hydrogens (tertiary/aromatic N) is 1. The summed E-state index contributed by atoms with van der Waals surface area (Å²) < 4.78 is 24.5. The van der Waals surface area contributed by atoms with Crippen LogP contribution in [-0.4, -0.2) is 20.3 Å². The average Bonchev–Trinajstić information content (AvgIpc) is 2.88. The molecule has 3 nitrogen and oxygen atoms in total. The van der Waals surface area contributed by atoms with Crippen LogP contribution in [-0.2, 0) is 11.2 Å². The molecule has 0 unspecified atom stereocenters. The van der Waals surface area contributed by atoms with E-state index in [2.05, 4.69) is 0 Å². The molecular formula is C15H16FNO2. The Bertz CT molecular complexity index is 558. The average molecular weight is 261 g/mol. The second kappa shape index (κ2) is 5.85. The summed E-state index contributed by atoms with van der Waals surface area (Å²) in [6.45, 7) is 3.00. The van der Waals surface area contributed by atoms with E-state index in [1.165, 1.54) is 6.07 Å². The zero-order valence-corrected chi connectivity index (χ0v) is 11.1. The molecule has 0 spiro atoms. The summed E-state index contributed by atoms with van der Waals surface area (Å²) in [5, 5.41) is 9.01. The maximum Gasteiger partial charge on any atom is 0.145 e. The van der Waals surface area contributed by atoms with E-state index in [1.54, 1.807) is 7.11 Å². The molecule has 19 heavy (non-hydrogen) atoms. The number of hydrogen-bond donors (Lipinski definition) is 0. The molecule has 0 atom stereocenters. The molecule has 100 valence electrons. The Morgan fingerprint density at radius 3 is 3.05 bits per heavy atom. The highest BCUT2D eigenvalue weighted by molar-refractivity contribution is 5.73. The molecule has 0 radical (unpaired) electrons. The van der Waals surface area contributed by atoms with Gasteiger partial charge in [0.05, 0.1) is 13.2 Å². The van der Waals surface area contributed by atoms with E-state index >= 15 is 0 Å². The van der Waals surface area contributed by atoms with E-state index in [0.717, 1.165) is 16.7 Å². The topological polar surface area (TPSA) is 42.2 Å². The summed E-state index contributed by atoms with van der Waals surface area (Å²) >= 11 is 0. The monoisotopic (exact) mass is 261 g/mol. The molecule has 0 saturated carbocycles. The fraction of sp³-hybridized carbons (Fsp3) is 0.400. The van der Waals surface area contributed by atoms with Crippen LogP contribution < -0.4 is 4.74 Å². The van der Waals surface area contributed by atoms with Crippen molar-refractivity contribution in [3.63, 3.8) is 0 Å². The predicted octanol–water partition coefficient (Wildman–Crippen LogP) is 3.07. The maximum absolute atomic E-state index is 14.0. The number of ether oxygens (including phenoxy) is 2. The number of benzene rings is 1. The van der Waals surface area contributed by atoms with E-state index < -0.39 is 5.82 Å². The molecule has 0 saturated heterocycles. The van der Waals surface area contributed by atoms with Crippen LogP contribution in [0.15, 0.2) is 12.1 Å². The lowest BCUT2D eigenvalue weighted by Gasteiger charge is -2.13. The first-order chi connectivity index (χ1) is 9.22. The molecule has 0 fully saturated rings. The molecule has 0 bridgehead atoms. The molecule has 4 heteroatoms. The van der Waals surface area contributed by atoms with E-state index in [0.29, 0.717) is 31.8 Å². The summed E-state index contributed by atoms with van der Waals surface area (Å²) in [6.07, 6.45) is 3.38. The molecule has 0 N–H and O–H groups in total. The third kappa shape index (κ3) is 2.47. The number of nitriles is 1. The number of halogens is 1. The van der Waals surface area contributed by atoms with E-state index in [4.69, 9.17) is 14.7 Å². The molecular weight excluding hydrogens is 245 g/mol. The van der Waals surface area contributed by atoms with Gasteiger partial charge < -0.3 is 9.47 Å². The minimum absolute atomic E-state index is 0.0124. The van der Waals surface area contributed by atoms with E-state index in [1.807, 2.05) is 19.1 Å². The van der Waals surface area contributed by atoms with Gasteiger partial charge in [-0.1, -0.05) is 6.08 Å². The van der Waals surface area contributed by atoms with Gasteiger partial charge in [-0.2, -0.15) is 5.26 Å². The molecule has 0 aliphatic carbocycles. The predicted molar refractivity (Wildman–Crippen MR) is 70.5 cm³/mol. The smallest absolute Gasteiger partial charge is 0.145 e. The third-order valence-electron chi connectivity index (χ3n) is 3.32. The van der Waals surface area contributed by atoms with Gasteiger partial charge in [0.25, 0.3) is 0 Å². The molecule has 2 rings (SSSR count). The lowest BCUT2D eigenvalue weighted by atomic mass is 9.93. The second-order valence-electron chi connectivity index (χ2n) is 4.36. The van der Waals surface area contributed by atoms with E-state index in [9.17, 15) is 4.39 Å². The number of rotatable bonds is 4. The molecule has 1 aliphatic rings. The molecule has 0 aromatic heterocycles. The van der Waals surface area contributed by atoms with Crippen molar-refractivity contribution in [3.8, 4) is 11.8 Å². The standard InChI is InChI=1S/C15H16FNO2/c1-3-10(4-6-18-2)12-8-14(16)13(9-17)15-11(12)5-7-19-15/h3,8H,4-7H2,1-2H3/b10-3+. The minimum atomic E-state index is -0.519. The van der Waals surface area contributed by atoms with Gasteiger partial charge in [-0.15, -0.1) is 0 Å². The lowest BCUT2D eigenvalue weighted by Crippen LogP contribution is -1.99. The van der Waals surface area contributed by atoms with Gasteiger partial charge in [-0.3, -0.25) is 0 Å². The van der Waals surface area contributed by atoms with Gasteiger partial charge in [-0.05, 0) is 30.5 Å². The molecule has 1 aromatic carbocycles. The van der Waals surface area contributed by atoms with Gasteiger partial charge in [0.2, 0.25) is 0 Å². The summed E-state index contributed by atoms with van der Waals surface area (Å²) in [7, 11) is 1.64. The second-order valence-corrected chi connectivity index (χ2v) is 4.36. The Morgan fingerprint density at radius 2 is 2.42 bits per heavy atom. The van der Waals surface area contributed by atoms with Crippen LogP contribution in [0.4, 0.5) is 4.39 Å². The van der Waals surface area contributed by atoms with Crippen molar-refractivity contribution in [2.75, 3.05) is 20.3 Å². The van der Waals surface area contributed by atoms with Crippen molar-refractivity contribution in [1.29, 1.82) is 5.26 Å². The van der Waals surface area contributed by atoms with Crippen LogP contribution in [0.1, 0.15) is 30.0 Å². The third-order valence-corrected chi connectivity index (χ3v) is 3.32. The van der Waals surface area contributed by atoms with Crippen LogP contribution in [0.5, 0.6) is 5.75 Å². The highest BCUT2D eigenvalue weighted by atomic mass is 19.1. The SMILES string of the molecule is C/C=C(\CCOC)c1cc(F)c(C#N)c2c1CCO2. The quantitative estimate of drug-likeness (QED) is 0.836. The Kier molecular flexibility index (Phi) is 4.18. The number of hydrogen-bond acceptors (Lipinski definition) is 3. The first-order valence-corrected chi connectivity index (χ1v) is 6.25. The fourth-order valence-corrected chi connectivity index (χ4v) is 2.37.